The number of hydrazine groups is 1. The maximum Gasteiger partial charge on any atom is 0.263 e. The first-order valence-corrected chi connectivity index (χ1v) is 8.95. The standard InChI is InChI=1S/C18H21N3O2S/c1-20(15-6-3-2-4-7-15)19-17(22)14-9-11-21(12-10-14)18(23)16-8-5-13-24-16/h2-8,13-14H,9-12H2,1H3,(H,19,22). The lowest BCUT2D eigenvalue weighted by molar-refractivity contribution is -0.126. The van der Waals surface area contributed by atoms with Gasteiger partial charge in [-0.25, -0.2) is 0 Å². The van der Waals surface area contributed by atoms with Crippen LogP contribution in [0.5, 0.6) is 0 Å². The van der Waals surface area contributed by atoms with Crippen molar-refractivity contribution in [2.45, 2.75) is 12.8 Å². The molecule has 2 amide bonds. The average Bonchev–Trinajstić information content (AvgIpc) is 3.16. The second-order valence-corrected chi connectivity index (χ2v) is 6.86. The molecule has 1 aromatic carbocycles. The fourth-order valence-electron chi connectivity index (χ4n) is 2.87. The number of nitrogens with one attached hydrogen (secondary N) is 1. The number of amides is 2. The molecule has 0 spiro atoms. The number of benzene rings is 1. The highest BCUT2D eigenvalue weighted by Gasteiger charge is 2.28. The second kappa shape index (κ2) is 7.49. The zero-order valence-electron chi connectivity index (χ0n) is 13.6. The van der Waals surface area contributed by atoms with Crippen molar-refractivity contribution < 1.29 is 9.59 Å². The van der Waals surface area contributed by atoms with Crippen molar-refractivity contribution in [1.29, 1.82) is 0 Å². The van der Waals surface area contributed by atoms with Crippen LogP contribution in [0.4, 0.5) is 5.69 Å². The number of likely N-dealkylation sites (tertiary alicyclic amines) is 1. The van der Waals surface area contributed by atoms with E-state index in [0.717, 1.165) is 10.6 Å². The van der Waals surface area contributed by atoms with E-state index in [4.69, 9.17) is 0 Å². The fourth-order valence-corrected chi connectivity index (χ4v) is 3.56. The summed E-state index contributed by atoms with van der Waals surface area (Å²) in [4.78, 5) is 27.4. The van der Waals surface area contributed by atoms with Gasteiger partial charge in [-0.05, 0) is 36.4 Å². The Morgan fingerprint density at radius 3 is 2.46 bits per heavy atom. The maximum atomic E-state index is 12.4. The highest BCUT2D eigenvalue weighted by atomic mass is 32.1. The molecular formula is C18H21N3O2S. The van der Waals surface area contributed by atoms with Crippen molar-refractivity contribution in [3.05, 3.63) is 52.7 Å². The predicted octanol–water partition coefficient (Wildman–Crippen LogP) is 2.77. The number of nitrogens with zero attached hydrogens (tertiary/aromatic N) is 2. The number of rotatable bonds is 4. The van der Waals surface area contributed by atoms with E-state index in [1.807, 2.05) is 59.8 Å². The third-order valence-electron chi connectivity index (χ3n) is 4.31. The summed E-state index contributed by atoms with van der Waals surface area (Å²) in [5.74, 6) is 0.0402. The molecule has 0 radical (unpaired) electrons. The molecule has 24 heavy (non-hydrogen) atoms. The molecule has 1 aromatic heterocycles. The van der Waals surface area contributed by atoms with E-state index < -0.39 is 0 Å². The van der Waals surface area contributed by atoms with E-state index in [1.165, 1.54) is 11.3 Å². The van der Waals surface area contributed by atoms with E-state index in [2.05, 4.69) is 5.43 Å². The molecule has 1 aliphatic rings. The lowest BCUT2D eigenvalue weighted by atomic mass is 9.96. The largest absolute Gasteiger partial charge is 0.338 e. The fraction of sp³-hybridized carbons (Fsp3) is 0.333. The van der Waals surface area contributed by atoms with Gasteiger partial charge in [-0.2, -0.15) is 0 Å². The molecule has 0 aliphatic carbocycles. The Morgan fingerprint density at radius 2 is 1.83 bits per heavy atom. The molecule has 0 saturated carbocycles. The molecule has 5 nitrogen and oxygen atoms in total. The molecule has 0 atom stereocenters. The lowest BCUT2D eigenvalue weighted by Gasteiger charge is -2.32. The molecule has 1 saturated heterocycles. The topological polar surface area (TPSA) is 52.7 Å². The van der Waals surface area contributed by atoms with Gasteiger partial charge >= 0.3 is 0 Å². The number of carbonyl (C=O) groups is 2. The Bertz CT molecular complexity index is 680. The van der Waals surface area contributed by atoms with Gasteiger partial charge in [0, 0.05) is 26.1 Å². The minimum absolute atomic E-state index is 0.0181. The SMILES string of the molecule is CN(NC(=O)C1CCN(C(=O)c2cccs2)CC1)c1ccccc1. The smallest absolute Gasteiger partial charge is 0.263 e. The summed E-state index contributed by atoms with van der Waals surface area (Å²) in [5.41, 5.74) is 3.87. The van der Waals surface area contributed by atoms with Crippen molar-refractivity contribution >= 4 is 28.8 Å². The zero-order chi connectivity index (χ0) is 16.9. The van der Waals surface area contributed by atoms with Crippen LogP contribution in [-0.4, -0.2) is 36.9 Å². The number of hydrogen-bond acceptors (Lipinski definition) is 4. The van der Waals surface area contributed by atoms with Crippen molar-refractivity contribution in [3.63, 3.8) is 0 Å². The van der Waals surface area contributed by atoms with Crippen molar-refractivity contribution in [1.82, 2.24) is 10.3 Å². The number of anilines is 1. The Morgan fingerprint density at radius 1 is 1.12 bits per heavy atom. The van der Waals surface area contributed by atoms with Gasteiger partial charge in [-0.1, -0.05) is 24.3 Å². The predicted molar refractivity (Wildman–Crippen MR) is 95.9 cm³/mol. The number of thiophene rings is 1. The van der Waals surface area contributed by atoms with Crippen LogP contribution in [-0.2, 0) is 4.79 Å². The number of carbonyl (C=O) groups excluding carboxylic acids is 2. The van der Waals surface area contributed by atoms with Crippen LogP contribution in [0.1, 0.15) is 22.5 Å². The van der Waals surface area contributed by atoms with E-state index >= 15 is 0 Å². The monoisotopic (exact) mass is 343 g/mol. The van der Waals surface area contributed by atoms with Crippen molar-refractivity contribution in [2.24, 2.45) is 5.92 Å². The van der Waals surface area contributed by atoms with E-state index in [9.17, 15) is 9.59 Å². The van der Waals surface area contributed by atoms with E-state index in [1.54, 1.807) is 5.01 Å². The quantitative estimate of drug-likeness (QED) is 0.869. The summed E-state index contributed by atoms with van der Waals surface area (Å²) in [6.07, 6.45) is 1.40. The molecule has 1 N–H and O–H groups in total. The minimum atomic E-state index is -0.0523. The first-order valence-electron chi connectivity index (χ1n) is 8.07. The van der Waals surface area contributed by atoms with Crippen LogP contribution in [0.25, 0.3) is 0 Å². The molecular weight excluding hydrogens is 322 g/mol. The number of para-hydroxylation sites is 1. The van der Waals surface area contributed by atoms with Crippen LogP contribution in [0.15, 0.2) is 47.8 Å². The van der Waals surface area contributed by atoms with Gasteiger partial charge in [0.25, 0.3) is 5.91 Å². The van der Waals surface area contributed by atoms with Gasteiger partial charge in [-0.3, -0.25) is 20.0 Å². The van der Waals surface area contributed by atoms with Gasteiger partial charge in [-0.15, -0.1) is 11.3 Å². The number of piperidine rings is 1. The summed E-state index contributed by atoms with van der Waals surface area (Å²) in [7, 11) is 1.84. The summed E-state index contributed by atoms with van der Waals surface area (Å²) in [6, 6.07) is 13.4. The van der Waals surface area contributed by atoms with Gasteiger partial charge < -0.3 is 4.90 Å². The van der Waals surface area contributed by atoms with Gasteiger partial charge in [0.05, 0.1) is 10.6 Å². The second-order valence-electron chi connectivity index (χ2n) is 5.91. The lowest BCUT2D eigenvalue weighted by Crippen LogP contribution is -2.47. The van der Waals surface area contributed by atoms with Crippen LogP contribution in [0, 0.1) is 5.92 Å². The average molecular weight is 343 g/mol. The van der Waals surface area contributed by atoms with Gasteiger partial charge in [0.2, 0.25) is 5.91 Å². The summed E-state index contributed by atoms with van der Waals surface area (Å²) >= 11 is 1.46. The molecule has 0 unspecified atom stereocenters. The first-order chi connectivity index (χ1) is 11.6. The zero-order valence-corrected chi connectivity index (χ0v) is 14.5. The minimum Gasteiger partial charge on any atom is -0.338 e. The maximum absolute atomic E-state index is 12.4. The van der Waals surface area contributed by atoms with Gasteiger partial charge in [0.15, 0.2) is 0 Å². The molecule has 1 fully saturated rings. The molecule has 6 heteroatoms. The normalized spacial score (nSPS) is 15.1. The molecule has 0 bridgehead atoms. The van der Waals surface area contributed by atoms with Crippen LogP contribution < -0.4 is 10.4 Å². The Balaban J connectivity index is 1.51. The molecule has 126 valence electrons. The molecule has 2 heterocycles. The summed E-state index contributed by atoms with van der Waals surface area (Å²) in [6.45, 7) is 1.26. The first kappa shape index (κ1) is 16.5. The molecule has 2 aromatic rings. The highest BCUT2D eigenvalue weighted by molar-refractivity contribution is 7.12. The van der Waals surface area contributed by atoms with Crippen LogP contribution in [0.2, 0.25) is 0 Å². The van der Waals surface area contributed by atoms with E-state index in [0.29, 0.717) is 25.9 Å². The van der Waals surface area contributed by atoms with Crippen LogP contribution in [0.3, 0.4) is 0 Å². The summed E-state index contributed by atoms with van der Waals surface area (Å²) < 4.78 is 0. The highest BCUT2D eigenvalue weighted by Crippen LogP contribution is 2.21. The Kier molecular flexibility index (Phi) is 5.15. The molecule has 3 rings (SSSR count). The van der Waals surface area contributed by atoms with Crippen molar-refractivity contribution in [2.75, 3.05) is 25.1 Å². The molecule has 1 aliphatic heterocycles. The third kappa shape index (κ3) is 3.76. The Labute approximate surface area is 145 Å². The van der Waals surface area contributed by atoms with Gasteiger partial charge in [0.1, 0.15) is 0 Å². The van der Waals surface area contributed by atoms with E-state index in [-0.39, 0.29) is 17.7 Å². The Hall–Kier alpha value is -2.34. The van der Waals surface area contributed by atoms with Crippen LogP contribution >= 0.6 is 11.3 Å². The third-order valence-corrected chi connectivity index (χ3v) is 5.16. The summed E-state index contributed by atoms with van der Waals surface area (Å²) in [5, 5.41) is 3.65. The number of hydrogen-bond donors (Lipinski definition) is 1. The van der Waals surface area contributed by atoms with Crippen molar-refractivity contribution in [3.8, 4) is 0 Å².